The lowest BCUT2D eigenvalue weighted by Gasteiger charge is -2.09. The van der Waals surface area contributed by atoms with Gasteiger partial charge in [-0.2, -0.15) is 0 Å². The summed E-state index contributed by atoms with van der Waals surface area (Å²) in [6.07, 6.45) is 0. The molecule has 4 N–H and O–H groups in total. The second-order valence-corrected chi connectivity index (χ2v) is 7.04. The van der Waals surface area contributed by atoms with E-state index in [1.54, 1.807) is 7.11 Å². The van der Waals surface area contributed by atoms with Crippen LogP contribution in [0.1, 0.15) is 9.67 Å². The van der Waals surface area contributed by atoms with Crippen LogP contribution in [-0.2, 0) is 0 Å². The summed E-state index contributed by atoms with van der Waals surface area (Å²) in [5, 5.41) is 0.761. The molecule has 0 fully saturated rings. The standard InChI is InChI=1S/C21H17N3O2S/c1-26-14-9-7-13(8-10-14)16-11-15(12-5-3-2-4-6-12)17-18(22)19(20(23)25)27-21(17)24-16/h2-11H,22H2,1H3,(H2,23,25). The fraction of sp³-hybridized carbons (Fsp3) is 0.0476. The van der Waals surface area contributed by atoms with Crippen molar-refractivity contribution in [3.8, 4) is 28.1 Å². The number of hydrogen-bond acceptors (Lipinski definition) is 5. The fourth-order valence-electron chi connectivity index (χ4n) is 3.06. The number of aromatic nitrogens is 1. The molecule has 2 aromatic heterocycles. The highest BCUT2D eigenvalue weighted by atomic mass is 32.1. The van der Waals surface area contributed by atoms with E-state index < -0.39 is 5.91 Å². The molecule has 0 atom stereocenters. The van der Waals surface area contributed by atoms with Crippen LogP contribution in [0.3, 0.4) is 0 Å². The van der Waals surface area contributed by atoms with Gasteiger partial charge in [-0.05, 0) is 41.5 Å². The van der Waals surface area contributed by atoms with E-state index in [1.807, 2.05) is 60.7 Å². The van der Waals surface area contributed by atoms with Crippen molar-refractivity contribution in [1.29, 1.82) is 0 Å². The summed E-state index contributed by atoms with van der Waals surface area (Å²) in [4.78, 5) is 17.5. The molecule has 4 rings (SSSR count). The maximum atomic E-state index is 11.8. The van der Waals surface area contributed by atoms with Gasteiger partial charge in [-0.15, -0.1) is 11.3 Å². The average molecular weight is 375 g/mol. The van der Waals surface area contributed by atoms with Gasteiger partial charge in [0.05, 0.1) is 18.5 Å². The molecule has 0 unspecified atom stereocenters. The van der Waals surface area contributed by atoms with Crippen LogP contribution in [0, 0.1) is 0 Å². The third-order valence-corrected chi connectivity index (χ3v) is 5.51. The minimum Gasteiger partial charge on any atom is -0.497 e. The Labute approximate surface area is 160 Å². The molecule has 134 valence electrons. The van der Waals surface area contributed by atoms with E-state index in [0.717, 1.165) is 33.5 Å². The summed E-state index contributed by atoms with van der Waals surface area (Å²) in [6.45, 7) is 0. The number of fused-ring (bicyclic) bond motifs is 1. The molecule has 0 saturated heterocycles. The van der Waals surface area contributed by atoms with Gasteiger partial charge in [0, 0.05) is 10.9 Å². The van der Waals surface area contributed by atoms with Gasteiger partial charge in [-0.3, -0.25) is 4.79 Å². The molecule has 6 heteroatoms. The Kier molecular flexibility index (Phi) is 4.25. The van der Waals surface area contributed by atoms with Gasteiger partial charge in [0.25, 0.3) is 5.91 Å². The van der Waals surface area contributed by atoms with Crippen LogP contribution in [0.2, 0.25) is 0 Å². The number of thiophene rings is 1. The van der Waals surface area contributed by atoms with Crippen LogP contribution < -0.4 is 16.2 Å². The topological polar surface area (TPSA) is 91.2 Å². The number of methoxy groups -OCH3 is 1. The minimum absolute atomic E-state index is 0.335. The number of carbonyl (C=O) groups is 1. The fourth-order valence-corrected chi connectivity index (χ4v) is 4.03. The van der Waals surface area contributed by atoms with Crippen molar-refractivity contribution in [3.63, 3.8) is 0 Å². The Bertz CT molecular complexity index is 1140. The van der Waals surface area contributed by atoms with E-state index in [-0.39, 0.29) is 0 Å². The van der Waals surface area contributed by atoms with Crippen LogP contribution in [0.5, 0.6) is 5.75 Å². The maximum absolute atomic E-state index is 11.8. The van der Waals surface area contributed by atoms with Crippen molar-refractivity contribution in [2.24, 2.45) is 5.73 Å². The average Bonchev–Trinajstić information content (AvgIpc) is 3.05. The molecule has 2 heterocycles. The Hall–Kier alpha value is -3.38. The normalized spacial score (nSPS) is 10.9. The first-order valence-electron chi connectivity index (χ1n) is 8.31. The Morgan fingerprint density at radius 2 is 1.74 bits per heavy atom. The number of amides is 1. The number of nitrogens with two attached hydrogens (primary N) is 2. The van der Waals surface area contributed by atoms with Gasteiger partial charge in [-0.1, -0.05) is 30.3 Å². The molecule has 0 saturated carbocycles. The Balaban J connectivity index is 2.00. The Morgan fingerprint density at radius 1 is 1.04 bits per heavy atom. The number of rotatable bonds is 4. The summed E-state index contributed by atoms with van der Waals surface area (Å²) in [5.74, 6) is 0.236. The van der Waals surface area contributed by atoms with Gasteiger partial charge in [0.1, 0.15) is 15.5 Å². The lowest BCUT2D eigenvalue weighted by atomic mass is 9.99. The molecule has 0 aliphatic carbocycles. The quantitative estimate of drug-likeness (QED) is 0.556. The molecule has 1 amide bonds. The number of primary amides is 1. The van der Waals surface area contributed by atoms with Gasteiger partial charge in [0.15, 0.2) is 0 Å². The van der Waals surface area contributed by atoms with Gasteiger partial charge in [0.2, 0.25) is 0 Å². The SMILES string of the molecule is COc1ccc(-c2cc(-c3ccccc3)c3c(N)c(C(N)=O)sc3n2)cc1. The van der Waals surface area contributed by atoms with Crippen LogP contribution in [0.25, 0.3) is 32.6 Å². The summed E-state index contributed by atoms with van der Waals surface area (Å²) >= 11 is 1.22. The van der Waals surface area contributed by atoms with Crippen LogP contribution >= 0.6 is 11.3 Å². The summed E-state index contributed by atoms with van der Waals surface area (Å²) in [5.41, 5.74) is 15.8. The zero-order valence-electron chi connectivity index (χ0n) is 14.6. The number of anilines is 1. The molecular formula is C21H17N3O2S. The third kappa shape index (κ3) is 3.00. The lowest BCUT2D eigenvalue weighted by Crippen LogP contribution is -2.10. The van der Waals surface area contributed by atoms with Gasteiger partial charge >= 0.3 is 0 Å². The second kappa shape index (κ2) is 6.74. The van der Waals surface area contributed by atoms with E-state index >= 15 is 0 Å². The van der Waals surface area contributed by atoms with Gasteiger partial charge < -0.3 is 16.2 Å². The highest BCUT2D eigenvalue weighted by Gasteiger charge is 2.20. The first-order valence-corrected chi connectivity index (χ1v) is 9.13. The minimum atomic E-state index is -0.541. The van der Waals surface area contributed by atoms with Crippen molar-refractivity contribution in [3.05, 3.63) is 65.5 Å². The predicted molar refractivity (Wildman–Crippen MR) is 110 cm³/mol. The largest absolute Gasteiger partial charge is 0.497 e. The molecule has 4 aromatic rings. The third-order valence-electron chi connectivity index (χ3n) is 4.39. The molecule has 27 heavy (non-hydrogen) atoms. The highest BCUT2D eigenvalue weighted by molar-refractivity contribution is 7.21. The molecular weight excluding hydrogens is 358 g/mol. The number of ether oxygens (including phenoxy) is 1. The van der Waals surface area contributed by atoms with Crippen LogP contribution in [0.15, 0.2) is 60.7 Å². The number of hydrogen-bond donors (Lipinski definition) is 2. The number of nitrogens with zero attached hydrogens (tertiary/aromatic N) is 1. The molecule has 0 spiro atoms. The van der Waals surface area contributed by atoms with Crippen molar-refractivity contribution < 1.29 is 9.53 Å². The van der Waals surface area contributed by atoms with Crippen molar-refractivity contribution in [2.75, 3.05) is 12.8 Å². The van der Waals surface area contributed by atoms with E-state index in [9.17, 15) is 4.79 Å². The van der Waals surface area contributed by atoms with Crippen LogP contribution in [-0.4, -0.2) is 18.0 Å². The smallest absolute Gasteiger partial charge is 0.260 e. The van der Waals surface area contributed by atoms with E-state index in [2.05, 4.69) is 0 Å². The molecule has 0 bridgehead atoms. The van der Waals surface area contributed by atoms with Gasteiger partial charge in [-0.25, -0.2) is 4.98 Å². The second-order valence-electron chi connectivity index (χ2n) is 6.04. The molecule has 0 aliphatic heterocycles. The number of benzene rings is 2. The molecule has 5 nitrogen and oxygen atoms in total. The molecule has 0 radical (unpaired) electrons. The number of pyridine rings is 1. The summed E-state index contributed by atoms with van der Waals surface area (Å²) in [6, 6.07) is 19.6. The van der Waals surface area contributed by atoms with E-state index in [4.69, 9.17) is 21.2 Å². The van der Waals surface area contributed by atoms with Crippen molar-refractivity contribution in [2.45, 2.75) is 0 Å². The predicted octanol–water partition coefficient (Wildman–Crippen LogP) is 4.32. The molecule has 2 aromatic carbocycles. The lowest BCUT2D eigenvalue weighted by molar-refractivity contribution is 0.100. The highest BCUT2D eigenvalue weighted by Crippen LogP contribution is 2.41. The van der Waals surface area contributed by atoms with E-state index in [1.165, 1.54) is 11.3 Å². The zero-order valence-corrected chi connectivity index (χ0v) is 15.4. The van der Waals surface area contributed by atoms with E-state index in [0.29, 0.717) is 15.4 Å². The summed E-state index contributed by atoms with van der Waals surface area (Å²) < 4.78 is 5.23. The number of carbonyl (C=O) groups excluding carboxylic acids is 1. The van der Waals surface area contributed by atoms with Crippen molar-refractivity contribution >= 4 is 33.1 Å². The summed E-state index contributed by atoms with van der Waals surface area (Å²) in [7, 11) is 1.63. The van der Waals surface area contributed by atoms with Crippen LogP contribution in [0.4, 0.5) is 5.69 Å². The first kappa shape index (κ1) is 17.1. The number of nitrogen functional groups attached to an aromatic ring is 1. The first-order chi connectivity index (χ1) is 13.1. The maximum Gasteiger partial charge on any atom is 0.260 e. The monoisotopic (exact) mass is 375 g/mol. The molecule has 0 aliphatic rings. The zero-order chi connectivity index (χ0) is 19.0. The van der Waals surface area contributed by atoms with Crippen molar-refractivity contribution in [1.82, 2.24) is 4.98 Å². The Morgan fingerprint density at radius 3 is 2.37 bits per heavy atom.